The second kappa shape index (κ2) is 10.8. The predicted molar refractivity (Wildman–Crippen MR) is 209 cm³/mol. The van der Waals surface area contributed by atoms with Crippen LogP contribution in [0.4, 0.5) is 0 Å². The van der Waals surface area contributed by atoms with Gasteiger partial charge in [0.25, 0.3) is 0 Å². The number of hydrogen-bond acceptors (Lipinski definition) is 3. The fourth-order valence-electron chi connectivity index (χ4n) is 7.83. The van der Waals surface area contributed by atoms with E-state index in [2.05, 4.69) is 127 Å². The number of hydrogen-bond donors (Lipinski definition) is 0. The minimum absolute atomic E-state index is 0.702. The van der Waals surface area contributed by atoms with Gasteiger partial charge in [-0.15, -0.1) is 0 Å². The molecule has 0 spiro atoms. The van der Waals surface area contributed by atoms with Crippen molar-refractivity contribution >= 4 is 54.3 Å². The van der Waals surface area contributed by atoms with Crippen molar-refractivity contribution in [2.75, 3.05) is 0 Å². The van der Waals surface area contributed by atoms with E-state index in [9.17, 15) is 0 Å². The second-order valence-electron chi connectivity index (χ2n) is 13.3. The average Bonchev–Trinajstić information content (AvgIpc) is 3.57. The van der Waals surface area contributed by atoms with Crippen molar-refractivity contribution in [2.24, 2.45) is 0 Å². The molecule has 10 aromatic rings. The summed E-state index contributed by atoms with van der Waals surface area (Å²) in [6.45, 7) is 0. The van der Waals surface area contributed by atoms with Crippen molar-refractivity contribution in [3.05, 3.63) is 170 Å². The number of furan rings is 1. The van der Waals surface area contributed by atoms with Crippen LogP contribution in [-0.4, -0.2) is 0 Å². The second-order valence-corrected chi connectivity index (χ2v) is 13.3. The topological polar surface area (TPSA) is 31.6 Å². The molecule has 11 rings (SSSR count). The lowest BCUT2D eigenvalue weighted by atomic mass is 9.89. The van der Waals surface area contributed by atoms with Gasteiger partial charge in [-0.1, -0.05) is 103 Å². The molecule has 0 aliphatic carbocycles. The Bertz CT molecular complexity index is 3000. The zero-order valence-corrected chi connectivity index (χ0v) is 27.4. The van der Waals surface area contributed by atoms with E-state index in [0.29, 0.717) is 17.2 Å². The summed E-state index contributed by atoms with van der Waals surface area (Å²) in [7, 11) is 0. The summed E-state index contributed by atoms with van der Waals surface area (Å²) in [5.74, 6) is 2.85. The molecule has 0 bridgehead atoms. The smallest absolute Gasteiger partial charge is 0.170 e. The van der Waals surface area contributed by atoms with Crippen molar-refractivity contribution in [3.8, 4) is 56.4 Å². The molecule has 0 atom stereocenters. The van der Waals surface area contributed by atoms with E-state index < -0.39 is 0 Å². The summed E-state index contributed by atoms with van der Waals surface area (Å²) in [4.78, 5) is 0. The Labute approximate surface area is 293 Å². The molecule has 1 aliphatic rings. The molecule has 0 N–H and O–H groups in total. The molecule has 9 aromatic carbocycles. The van der Waals surface area contributed by atoms with Gasteiger partial charge in [0.15, 0.2) is 23.0 Å². The normalized spacial score (nSPS) is 12.2. The largest absolute Gasteiger partial charge is 0.456 e. The van der Waals surface area contributed by atoms with Gasteiger partial charge >= 0.3 is 0 Å². The van der Waals surface area contributed by atoms with Crippen LogP contribution < -0.4 is 9.47 Å². The first-order valence-corrected chi connectivity index (χ1v) is 17.2. The van der Waals surface area contributed by atoms with Crippen molar-refractivity contribution in [1.82, 2.24) is 0 Å². The maximum absolute atomic E-state index is 6.34. The van der Waals surface area contributed by atoms with Gasteiger partial charge in [-0.05, 0) is 132 Å². The van der Waals surface area contributed by atoms with E-state index in [1.54, 1.807) is 0 Å². The van der Waals surface area contributed by atoms with Crippen molar-refractivity contribution in [2.45, 2.75) is 0 Å². The van der Waals surface area contributed by atoms with Crippen LogP contribution in [0.5, 0.6) is 23.0 Å². The van der Waals surface area contributed by atoms with Crippen LogP contribution in [0.3, 0.4) is 0 Å². The lowest BCUT2D eigenvalue weighted by Gasteiger charge is -2.21. The fourth-order valence-corrected chi connectivity index (χ4v) is 7.83. The standard InChI is InChI=1S/C48H28O3/c1-2-11-37-35(9-1)36-10-3-4-12-38(36)41-26-29(17-20-39(37)41)32-23-33(30-18-21-44-42(27-30)40-13-5-6-14-43(40)49-44)25-34(24-32)31-19-22-47-48(28-31)51-46-16-8-7-15-45(46)50-47/h1-28H. The van der Waals surface area contributed by atoms with E-state index >= 15 is 0 Å². The summed E-state index contributed by atoms with van der Waals surface area (Å²) in [6.07, 6.45) is 0. The van der Waals surface area contributed by atoms with E-state index in [1.807, 2.05) is 42.5 Å². The molecule has 0 amide bonds. The van der Waals surface area contributed by atoms with Gasteiger partial charge in [-0.3, -0.25) is 0 Å². The van der Waals surface area contributed by atoms with Gasteiger partial charge < -0.3 is 13.9 Å². The van der Waals surface area contributed by atoms with Crippen LogP contribution in [0, 0.1) is 0 Å². The molecule has 0 saturated heterocycles. The molecule has 51 heavy (non-hydrogen) atoms. The van der Waals surface area contributed by atoms with Crippen LogP contribution in [0.15, 0.2) is 174 Å². The van der Waals surface area contributed by atoms with Gasteiger partial charge in [0, 0.05) is 10.8 Å². The molecular weight excluding hydrogens is 625 g/mol. The van der Waals surface area contributed by atoms with Crippen LogP contribution in [-0.2, 0) is 0 Å². The Kier molecular flexibility index (Phi) is 5.96. The third-order valence-electron chi connectivity index (χ3n) is 10.3. The zero-order valence-electron chi connectivity index (χ0n) is 27.4. The lowest BCUT2D eigenvalue weighted by Crippen LogP contribution is -1.98. The Morgan fingerprint density at radius 3 is 1.33 bits per heavy atom. The molecule has 3 nitrogen and oxygen atoms in total. The highest BCUT2D eigenvalue weighted by Crippen LogP contribution is 2.47. The molecule has 2 heterocycles. The number of rotatable bonds is 3. The van der Waals surface area contributed by atoms with E-state index in [0.717, 1.165) is 61.1 Å². The summed E-state index contributed by atoms with van der Waals surface area (Å²) in [6, 6.07) is 60.0. The van der Waals surface area contributed by atoms with Gasteiger partial charge in [0.05, 0.1) is 0 Å². The van der Waals surface area contributed by atoms with Gasteiger partial charge in [0.2, 0.25) is 0 Å². The van der Waals surface area contributed by atoms with Crippen molar-refractivity contribution < 1.29 is 13.9 Å². The third-order valence-corrected chi connectivity index (χ3v) is 10.3. The Morgan fingerprint density at radius 1 is 0.235 bits per heavy atom. The molecule has 1 aromatic heterocycles. The Balaban J connectivity index is 1.12. The summed E-state index contributed by atoms with van der Waals surface area (Å²) in [5, 5.41) is 9.81. The molecule has 3 heteroatoms. The van der Waals surface area contributed by atoms with Crippen molar-refractivity contribution in [1.29, 1.82) is 0 Å². The SMILES string of the molecule is c1ccc2c(c1)Oc1ccc(-c3cc(-c4ccc5oc6ccccc6c5c4)cc(-c4ccc5c6ccccc6c6ccccc6c5c4)c3)cc1O2. The van der Waals surface area contributed by atoms with Crippen LogP contribution in [0.2, 0.25) is 0 Å². The Hall–Kier alpha value is -6.84. The monoisotopic (exact) mass is 652 g/mol. The van der Waals surface area contributed by atoms with Crippen LogP contribution in [0.1, 0.15) is 0 Å². The minimum Gasteiger partial charge on any atom is -0.456 e. The summed E-state index contributed by atoms with van der Waals surface area (Å²) >= 11 is 0. The zero-order chi connectivity index (χ0) is 33.5. The van der Waals surface area contributed by atoms with E-state index in [-0.39, 0.29) is 0 Å². The van der Waals surface area contributed by atoms with Crippen LogP contribution >= 0.6 is 0 Å². The first kappa shape index (κ1) is 28.0. The molecule has 0 radical (unpaired) electrons. The van der Waals surface area contributed by atoms with Gasteiger partial charge in [-0.2, -0.15) is 0 Å². The number of ether oxygens (including phenoxy) is 2. The first-order chi connectivity index (χ1) is 25.2. The molecule has 0 saturated carbocycles. The average molecular weight is 653 g/mol. The molecule has 1 aliphatic heterocycles. The number of para-hydroxylation sites is 3. The Morgan fingerprint density at radius 2 is 0.667 bits per heavy atom. The van der Waals surface area contributed by atoms with Gasteiger partial charge in [0.1, 0.15) is 11.2 Å². The maximum atomic E-state index is 6.34. The van der Waals surface area contributed by atoms with E-state index in [4.69, 9.17) is 13.9 Å². The highest BCUT2D eigenvalue weighted by atomic mass is 16.6. The number of fused-ring (bicyclic) bond motifs is 11. The van der Waals surface area contributed by atoms with Crippen LogP contribution in [0.25, 0.3) is 87.6 Å². The summed E-state index contributed by atoms with van der Waals surface area (Å²) < 4.78 is 18.7. The molecule has 238 valence electrons. The van der Waals surface area contributed by atoms with Crippen molar-refractivity contribution in [3.63, 3.8) is 0 Å². The fraction of sp³-hybridized carbons (Fsp3) is 0. The molecular formula is C48H28O3. The highest BCUT2D eigenvalue weighted by Gasteiger charge is 2.20. The van der Waals surface area contributed by atoms with E-state index in [1.165, 1.54) is 32.3 Å². The number of benzene rings is 9. The minimum atomic E-state index is 0.702. The quantitative estimate of drug-likeness (QED) is 0.178. The first-order valence-electron chi connectivity index (χ1n) is 17.2. The highest BCUT2D eigenvalue weighted by molar-refractivity contribution is 6.25. The maximum Gasteiger partial charge on any atom is 0.170 e. The molecule has 0 unspecified atom stereocenters. The summed E-state index contributed by atoms with van der Waals surface area (Å²) in [5.41, 5.74) is 8.47. The van der Waals surface area contributed by atoms with Gasteiger partial charge in [-0.25, -0.2) is 0 Å². The lowest BCUT2D eigenvalue weighted by molar-refractivity contribution is 0.360. The molecule has 0 fully saturated rings. The third kappa shape index (κ3) is 4.45. The predicted octanol–water partition coefficient (Wildman–Crippen LogP) is 13.9.